The van der Waals surface area contributed by atoms with Gasteiger partial charge in [-0.3, -0.25) is 0 Å². The minimum atomic E-state index is -0.608. The number of halogens is 2. The van der Waals surface area contributed by atoms with Crippen molar-refractivity contribution in [3.8, 4) is 22.3 Å². The van der Waals surface area contributed by atoms with Crippen molar-refractivity contribution >= 4 is 92.1 Å². The first-order valence-corrected chi connectivity index (χ1v) is 19.5. The molecule has 4 aliphatic heterocycles. The average molecular weight is 724 g/mol. The molecule has 4 aliphatic rings. The Kier molecular flexibility index (Phi) is 6.56. The van der Waals surface area contributed by atoms with Gasteiger partial charge in [-0.05, 0) is 80.4 Å². The third-order valence-electron chi connectivity index (χ3n) is 11.8. The van der Waals surface area contributed by atoms with Crippen LogP contribution in [0.2, 0.25) is 0 Å². The van der Waals surface area contributed by atoms with Crippen molar-refractivity contribution in [2.24, 2.45) is 0 Å². The van der Waals surface area contributed by atoms with Crippen molar-refractivity contribution in [3.63, 3.8) is 0 Å². The van der Waals surface area contributed by atoms with Crippen molar-refractivity contribution in [3.05, 3.63) is 181 Å². The van der Waals surface area contributed by atoms with Gasteiger partial charge in [0.1, 0.15) is 17.3 Å². The first-order chi connectivity index (χ1) is 27.2. The van der Waals surface area contributed by atoms with Gasteiger partial charge in [-0.15, -0.1) is 0 Å². The van der Waals surface area contributed by atoms with Gasteiger partial charge in [-0.25, -0.2) is 8.78 Å². The molecule has 0 N–H and O–H groups in total. The van der Waals surface area contributed by atoms with Crippen LogP contribution in [0, 0.1) is 11.6 Å². The predicted octanol–water partition coefficient (Wildman–Crippen LogP) is 8.68. The van der Waals surface area contributed by atoms with Crippen LogP contribution in [0.3, 0.4) is 0 Å². The van der Waals surface area contributed by atoms with Gasteiger partial charge < -0.3 is 9.80 Å². The van der Waals surface area contributed by atoms with Crippen LogP contribution in [0.1, 0.15) is 0 Å². The number of hydrogen-bond acceptors (Lipinski definition) is 3. The SMILES string of the molecule is Fc1cccc(F)c1N1c2ccccc2B2c3ccccc3N3c4ccccc4B4c5ccccc5Sc5c4c3c2c1c5-c1ccccc1-c1ccccc1. The van der Waals surface area contributed by atoms with Crippen LogP contribution in [0.5, 0.6) is 0 Å². The molecule has 0 unspecified atom stereocenters. The van der Waals surface area contributed by atoms with Crippen LogP contribution < -0.4 is 42.6 Å². The summed E-state index contributed by atoms with van der Waals surface area (Å²) in [5, 5.41) is 0. The van der Waals surface area contributed by atoms with E-state index in [0.29, 0.717) is 0 Å². The summed E-state index contributed by atoms with van der Waals surface area (Å²) in [5.74, 6) is -1.22. The lowest BCUT2D eigenvalue weighted by molar-refractivity contribution is 0.586. The first-order valence-electron chi connectivity index (χ1n) is 18.7. The second kappa shape index (κ2) is 11.6. The number of benzene rings is 8. The molecule has 8 aromatic rings. The van der Waals surface area contributed by atoms with E-state index in [4.69, 9.17) is 0 Å². The Morgan fingerprint density at radius 3 is 1.56 bits per heavy atom. The minimum absolute atomic E-state index is 0.0513. The van der Waals surface area contributed by atoms with Crippen LogP contribution in [0.15, 0.2) is 180 Å². The van der Waals surface area contributed by atoms with Gasteiger partial charge in [-0.2, -0.15) is 0 Å². The maximum Gasteiger partial charge on any atom is 0.252 e. The van der Waals surface area contributed by atoms with Crippen LogP contribution in [0.4, 0.5) is 42.9 Å². The van der Waals surface area contributed by atoms with Crippen LogP contribution in [0.25, 0.3) is 22.3 Å². The maximum atomic E-state index is 16.6. The number of hydrogen-bond donors (Lipinski definition) is 0. The number of para-hydroxylation sites is 4. The molecular weight excluding hydrogens is 696 g/mol. The van der Waals surface area contributed by atoms with Crippen molar-refractivity contribution in [1.82, 2.24) is 0 Å². The number of nitrogens with zero attached hydrogens (tertiary/aromatic N) is 2. The van der Waals surface area contributed by atoms with E-state index in [1.165, 1.54) is 39.5 Å². The van der Waals surface area contributed by atoms with Gasteiger partial charge >= 0.3 is 0 Å². The van der Waals surface area contributed by atoms with E-state index in [1.807, 2.05) is 23.1 Å². The Morgan fingerprint density at radius 2 is 0.909 bits per heavy atom. The lowest BCUT2D eigenvalue weighted by Crippen LogP contribution is -2.68. The molecule has 0 amide bonds. The van der Waals surface area contributed by atoms with E-state index >= 15 is 8.78 Å². The van der Waals surface area contributed by atoms with Gasteiger partial charge in [0.05, 0.1) is 5.69 Å². The molecular formula is C48H28B2F2N2S. The standard InChI is InChI=1S/C48H28B2F2N2S/c51-36-23-14-24-37(52)45(36)54-40-27-12-8-21-34(40)49-32-19-6-10-25-38(32)53-39-26-11-7-20-33(39)50-35-22-9-13-28-41(35)55-48-42(46(54)43(49)47(53)44(48)50)31-18-5-4-17-30(31)29-15-2-1-3-16-29/h1-28H. The summed E-state index contributed by atoms with van der Waals surface area (Å²) in [6.07, 6.45) is 0. The molecule has 7 heteroatoms. The minimum Gasteiger partial charge on any atom is -0.312 e. The molecule has 0 bridgehead atoms. The zero-order valence-electron chi connectivity index (χ0n) is 29.4. The van der Waals surface area contributed by atoms with E-state index < -0.39 is 11.6 Å². The van der Waals surface area contributed by atoms with Gasteiger partial charge in [0.25, 0.3) is 6.71 Å². The quantitative estimate of drug-likeness (QED) is 0.169. The molecule has 0 aliphatic carbocycles. The van der Waals surface area contributed by atoms with Gasteiger partial charge in [0.15, 0.2) is 0 Å². The fourth-order valence-electron chi connectivity index (χ4n) is 9.79. The molecule has 12 rings (SSSR count). The van der Waals surface area contributed by atoms with Crippen LogP contribution >= 0.6 is 11.8 Å². The first kappa shape index (κ1) is 31.1. The summed E-state index contributed by atoms with van der Waals surface area (Å²) in [4.78, 5) is 6.64. The number of fused-ring (bicyclic) bond motifs is 10. The fraction of sp³-hybridized carbons (Fsp3) is 0. The van der Waals surface area contributed by atoms with Crippen LogP contribution in [-0.4, -0.2) is 13.4 Å². The van der Waals surface area contributed by atoms with E-state index in [9.17, 15) is 0 Å². The molecule has 0 saturated carbocycles. The molecule has 55 heavy (non-hydrogen) atoms. The van der Waals surface area contributed by atoms with E-state index in [0.717, 1.165) is 72.0 Å². The normalized spacial score (nSPS) is 13.8. The van der Waals surface area contributed by atoms with Crippen molar-refractivity contribution in [2.45, 2.75) is 9.79 Å². The van der Waals surface area contributed by atoms with Gasteiger partial charge in [0.2, 0.25) is 6.71 Å². The Morgan fingerprint density at radius 1 is 0.400 bits per heavy atom. The maximum absolute atomic E-state index is 16.6. The van der Waals surface area contributed by atoms with E-state index in [1.54, 1.807) is 11.8 Å². The zero-order chi connectivity index (χ0) is 36.4. The van der Waals surface area contributed by atoms with Crippen LogP contribution in [-0.2, 0) is 0 Å². The fourth-order valence-corrected chi connectivity index (χ4v) is 11.1. The van der Waals surface area contributed by atoms with E-state index in [2.05, 4.69) is 138 Å². The van der Waals surface area contributed by atoms with E-state index in [-0.39, 0.29) is 19.1 Å². The molecule has 2 nitrogen and oxygen atoms in total. The number of rotatable bonds is 3. The predicted molar refractivity (Wildman–Crippen MR) is 226 cm³/mol. The van der Waals surface area contributed by atoms with Crippen molar-refractivity contribution < 1.29 is 8.78 Å². The van der Waals surface area contributed by atoms with Crippen molar-refractivity contribution in [1.29, 1.82) is 0 Å². The highest BCUT2D eigenvalue weighted by atomic mass is 32.2. The molecule has 0 atom stereocenters. The molecule has 0 saturated heterocycles. The summed E-state index contributed by atoms with van der Waals surface area (Å²) < 4.78 is 33.2. The molecule has 0 aromatic heterocycles. The Labute approximate surface area is 322 Å². The smallest absolute Gasteiger partial charge is 0.252 e. The topological polar surface area (TPSA) is 6.48 Å². The average Bonchev–Trinajstić information content (AvgIpc) is 3.24. The second-order valence-corrected chi connectivity index (χ2v) is 15.6. The third kappa shape index (κ3) is 4.16. The Bertz CT molecular complexity index is 2900. The van der Waals surface area contributed by atoms with Gasteiger partial charge in [-0.1, -0.05) is 151 Å². The monoisotopic (exact) mass is 724 g/mol. The summed E-state index contributed by atoms with van der Waals surface area (Å²) in [7, 11) is 0. The Hall–Kier alpha value is -6.30. The highest BCUT2D eigenvalue weighted by molar-refractivity contribution is 8.00. The molecule has 0 radical (unpaired) electrons. The molecule has 8 aromatic carbocycles. The molecule has 4 heterocycles. The zero-order valence-corrected chi connectivity index (χ0v) is 30.2. The molecule has 0 spiro atoms. The molecule has 256 valence electrons. The number of anilines is 6. The Balaban J connectivity index is 1.34. The molecule has 0 fully saturated rings. The third-order valence-corrected chi connectivity index (χ3v) is 13.1. The summed E-state index contributed by atoms with van der Waals surface area (Å²) in [5.41, 5.74) is 16.0. The lowest BCUT2D eigenvalue weighted by atomic mass is 9.29. The van der Waals surface area contributed by atoms with Gasteiger partial charge in [0, 0.05) is 38.1 Å². The summed E-state index contributed by atoms with van der Waals surface area (Å²) in [6, 6.07) is 57.6. The second-order valence-electron chi connectivity index (χ2n) is 14.6. The summed E-state index contributed by atoms with van der Waals surface area (Å²) >= 11 is 1.78. The highest BCUT2D eigenvalue weighted by Gasteiger charge is 2.52. The lowest BCUT2D eigenvalue weighted by Gasteiger charge is -2.50. The highest BCUT2D eigenvalue weighted by Crippen LogP contribution is 2.54. The largest absolute Gasteiger partial charge is 0.312 e. The summed E-state index contributed by atoms with van der Waals surface area (Å²) in [6.45, 7) is -0.245. The van der Waals surface area contributed by atoms with Crippen molar-refractivity contribution in [2.75, 3.05) is 9.80 Å².